The standard InChI is InChI=1S/C20H25FN4O2/c1-24-9-7-18-17(12-24)19(23-22-18)20(26)25-8-3-4-14(11-25)13-27-16-6-2-5-15(21)10-16/h2,5-6,10,14H,3-4,7-9,11-13H2,1H3,(H,22,23)/t14-/m0/s1. The normalized spacial score (nSPS) is 20.4. The molecule has 2 aliphatic heterocycles. The van der Waals surface area contributed by atoms with Crippen molar-refractivity contribution in [2.75, 3.05) is 33.3 Å². The lowest BCUT2D eigenvalue weighted by atomic mass is 9.98. The number of halogens is 1. The molecule has 1 aromatic carbocycles. The van der Waals surface area contributed by atoms with Gasteiger partial charge >= 0.3 is 0 Å². The third-order valence-electron chi connectivity index (χ3n) is 5.41. The van der Waals surface area contributed by atoms with Crippen molar-refractivity contribution in [3.63, 3.8) is 0 Å². The molecular formula is C20H25FN4O2. The van der Waals surface area contributed by atoms with E-state index in [-0.39, 0.29) is 17.6 Å². The molecule has 1 amide bonds. The zero-order chi connectivity index (χ0) is 18.8. The summed E-state index contributed by atoms with van der Waals surface area (Å²) in [7, 11) is 2.06. The van der Waals surface area contributed by atoms with Crippen molar-refractivity contribution >= 4 is 5.91 Å². The Morgan fingerprint density at radius 1 is 1.41 bits per heavy atom. The number of fused-ring (bicyclic) bond motifs is 1. The molecule has 1 N–H and O–H groups in total. The van der Waals surface area contributed by atoms with Crippen molar-refractivity contribution in [1.82, 2.24) is 20.0 Å². The van der Waals surface area contributed by atoms with Crippen molar-refractivity contribution < 1.29 is 13.9 Å². The number of hydrogen-bond donors (Lipinski definition) is 1. The van der Waals surface area contributed by atoms with E-state index in [1.54, 1.807) is 12.1 Å². The number of H-pyrrole nitrogens is 1. The van der Waals surface area contributed by atoms with Crippen LogP contribution in [0.15, 0.2) is 24.3 Å². The molecule has 0 unspecified atom stereocenters. The smallest absolute Gasteiger partial charge is 0.274 e. The fourth-order valence-electron chi connectivity index (χ4n) is 3.91. The number of aromatic nitrogens is 2. The van der Waals surface area contributed by atoms with Crippen molar-refractivity contribution in [3.8, 4) is 5.75 Å². The lowest BCUT2D eigenvalue weighted by molar-refractivity contribution is 0.0625. The van der Waals surface area contributed by atoms with Gasteiger partial charge in [0.25, 0.3) is 5.91 Å². The number of carbonyl (C=O) groups excluding carboxylic acids is 1. The Bertz CT molecular complexity index is 822. The quantitative estimate of drug-likeness (QED) is 0.896. The van der Waals surface area contributed by atoms with E-state index in [1.807, 2.05) is 4.90 Å². The summed E-state index contributed by atoms with van der Waals surface area (Å²) in [4.78, 5) is 17.1. The van der Waals surface area contributed by atoms with E-state index < -0.39 is 0 Å². The molecule has 0 saturated carbocycles. The van der Waals surface area contributed by atoms with Crippen LogP contribution in [0.5, 0.6) is 5.75 Å². The molecule has 4 rings (SSSR count). The zero-order valence-corrected chi connectivity index (χ0v) is 15.6. The number of nitrogens with zero attached hydrogens (tertiary/aromatic N) is 3. The molecule has 2 aromatic rings. The van der Waals surface area contributed by atoms with E-state index >= 15 is 0 Å². The molecule has 144 valence electrons. The highest BCUT2D eigenvalue weighted by Crippen LogP contribution is 2.24. The molecule has 0 bridgehead atoms. The van der Waals surface area contributed by atoms with E-state index in [0.29, 0.717) is 24.6 Å². The predicted molar refractivity (Wildman–Crippen MR) is 99.1 cm³/mol. The van der Waals surface area contributed by atoms with Crippen LogP contribution in [-0.4, -0.2) is 59.2 Å². The summed E-state index contributed by atoms with van der Waals surface area (Å²) < 4.78 is 19.0. The van der Waals surface area contributed by atoms with Crippen molar-refractivity contribution in [1.29, 1.82) is 0 Å². The highest BCUT2D eigenvalue weighted by molar-refractivity contribution is 5.94. The summed E-state index contributed by atoms with van der Waals surface area (Å²) in [5.74, 6) is 0.464. The van der Waals surface area contributed by atoms with Gasteiger partial charge in [-0.1, -0.05) is 6.07 Å². The molecule has 1 atom stereocenters. The minimum absolute atomic E-state index is 0.00162. The van der Waals surface area contributed by atoms with Gasteiger partial charge in [-0.05, 0) is 32.0 Å². The largest absolute Gasteiger partial charge is 0.493 e. The molecular weight excluding hydrogens is 347 g/mol. The number of likely N-dealkylation sites (tertiary alicyclic amines) is 1. The predicted octanol–water partition coefficient (Wildman–Crippen LogP) is 2.47. The van der Waals surface area contributed by atoms with Gasteiger partial charge in [0.1, 0.15) is 11.6 Å². The van der Waals surface area contributed by atoms with Crippen LogP contribution in [0.3, 0.4) is 0 Å². The SMILES string of the molecule is CN1CCc2[nH]nc(C(=O)N3CCC[C@H](COc4cccc(F)c4)C3)c2C1. The Balaban J connectivity index is 1.39. The Morgan fingerprint density at radius 3 is 3.15 bits per heavy atom. The highest BCUT2D eigenvalue weighted by Gasteiger charge is 2.30. The number of benzene rings is 1. The van der Waals surface area contributed by atoms with Crippen LogP contribution in [0.25, 0.3) is 0 Å². The third kappa shape index (κ3) is 3.98. The first kappa shape index (κ1) is 18.0. The van der Waals surface area contributed by atoms with Crippen molar-refractivity contribution in [2.45, 2.75) is 25.8 Å². The molecule has 3 heterocycles. The van der Waals surface area contributed by atoms with E-state index in [0.717, 1.165) is 50.2 Å². The molecule has 7 heteroatoms. The summed E-state index contributed by atoms with van der Waals surface area (Å²) in [5.41, 5.74) is 2.68. The summed E-state index contributed by atoms with van der Waals surface area (Å²) in [6.07, 6.45) is 2.84. The second-order valence-electron chi connectivity index (χ2n) is 7.54. The molecule has 6 nitrogen and oxygen atoms in total. The van der Waals surface area contributed by atoms with Crippen molar-refractivity contribution in [3.05, 3.63) is 47.0 Å². The van der Waals surface area contributed by atoms with Crippen LogP contribution >= 0.6 is 0 Å². The molecule has 2 aliphatic rings. The lowest BCUT2D eigenvalue weighted by Crippen LogP contribution is -2.42. The van der Waals surface area contributed by atoms with Crippen LogP contribution in [0.4, 0.5) is 4.39 Å². The Kier molecular flexibility index (Phi) is 5.11. The van der Waals surface area contributed by atoms with Gasteiger partial charge < -0.3 is 14.5 Å². The topological polar surface area (TPSA) is 61.5 Å². The fourth-order valence-corrected chi connectivity index (χ4v) is 3.91. The summed E-state index contributed by atoms with van der Waals surface area (Å²) >= 11 is 0. The monoisotopic (exact) mass is 372 g/mol. The number of aromatic amines is 1. The maximum atomic E-state index is 13.3. The molecule has 1 aromatic heterocycles. The molecule has 27 heavy (non-hydrogen) atoms. The van der Waals surface area contributed by atoms with Crippen LogP contribution in [0, 0.1) is 11.7 Å². The fraction of sp³-hybridized carbons (Fsp3) is 0.500. The van der Waals surface area contributed by atoms with E-state index in [9.17, 15) is 9.18 Å². The summed E-state index contributed by atoms with van der Waals surface area (Å²) in [6, 6.07) is 6.18. The van der Waals surface area contributed by atoms with Crippen molar-refractivity contribution in [2.24, 2.45) is 5.92 Å². The number of hydrogen-bond acceptors (Lipinski definition) is 4. The number of piperidine rings is 1. The highest BCUT2D eigenvalue weighted by atomic mass is 19.1. The first-order chi connectivity index (χ1) is 13.1. The second-order valence-corrected chi connectivity index (χ2v) is 7.54. The number of rotatable bonds is 4. The first-order valence-electron chi connectivity index (χ1n) is 9.52. The number of likely N-dealkylation sites (N-methyl/N-ethyl adjacent to an activating group) is 1. The van der Waals surface area contributed by atoms with E-state index in [4.69, 9.17) is 4.74 Å². The Labute approximate surface area is 158 Å². The van der Waals surface area contributed by atoms with Gasteiger partial charge in [0, 0.05) is 55.8 Å². The lowest BCUT2D eigenvalue weighted by Gasteiger charge is -2.32. The third-order valence-corrected chi connectivity index (χ3v) is 5.41. The number of carbonyl (C=O) groups is 1. The van der Waals surface area contributed by atoms with Gasteiger partial charge in [-0.3, -0.25) is 9.89 Å². The zero-order valence-electron chi connectivity index (χ0n) is 15.6. The number of ether oxygens (including phenoxy) is 1. The van der Waals surface area contributed by atoms with Crippen LogP contribution < -0.4 is 4.74 Å². The molecule has 1 fully saturated rings. The minimum atomic E-state index is -0.304. The van der Waals surface area contributed by atoms with Crippen LogP contribution in [0.2, 0.25) is 0 Å². The second kappa shape index (κ2) is 7.68. The van der Waals surface area contributed by atoms with Gasteiger partial charge in [-0.25, -0.2) is 4.39 Å². The Morgan fingerprint density at radius 2 is 2.30 bits per heavy atom. The van der Waals surface area contributed by atoms with Gasteiger partial charge in [-0.2, -0.15) is 5.10 Å². The molecule has 0 radical (unpaired) electrons. The van der Waals surface area contributed by atoms with Gasteiger partial charge in [0.05, 0.1) is 6.61 Å². The molecule has 0 spiro atoms. The molecule has 0 aliphatic carbocycles. The van der Waals surface area contributed by atoms with Gasteiger partial charge in [0.2, 0.25) is 0 Å². The van der Waals surface area contributed by atoms with E-state index in [2.05, 4.69) is 22.1 Å². The average Bonchev–Trinajstić information content (AvgIpc) is 3.09. The van der Waals surface area contributed by atoms with Gasteiger partial charge in [0.15, 0.2) is 5.69 Å². The van der Waals surface area contributed by atoms with Crippen LogP contribution in [0.1, 0.15) is 34.6 Å². The minimum Gasteiger partial charge on any atom is -0.493 e. The number of amides is 1. The van der Waals surface area contributed by atoms with Gasteiger partial charge in [-0.15, -0.1) is 0 Å². The first-order valence-corrected chi connectivity index (χ1v) is 9.52. The summed E-state index contributed by atoms with van der Waals surface area (Å²) in [6.45, 7) is 3.60. The Hall–Kier alpha value is -2.41. The number of nitrogens with one attached hydrogen (secondary N) is 1. The van der Waals surface area contributed by atoms with Crippen LogP contribution in [-0.2, 0) is 13.0 Å². The summed E-state index contributed by atoms with van der Waals surface area (Å²) in [5, 5.41) is 7.37. The van der Waals surface area contributed by atoms with E-state index in [1.165, 1.54) is 12.1 Å². The average molecular weight is 372 g/mol. The maximum Gasteiger partial charge on any atom is 0.274 e. The maximum absolute atomic E-state index is 13.3. The molecule has 1 saturated heterocycles.